The fourth-order valence-electron chi connectivity index (χ4n) is 1.77. The molecule has 2 aromatic heterocycles. The van der Waals surface area contributed by atoms with Crippen LogP contribution < -0.4 is 5.32 Å². The van der Waals surface area contributed by atoms with Crippen molar-refractivity contribution >= 4 is 39.1 Å². The maximum atomic E-state index is 6.19. The third-order valence-electron chi connectivity index (χ3n) is 2.81. The monoisotopic (exact) mass is 283 g/mol. The number of anilines is 1. The number of nitrogens with one attached hydrogen (secondary N) is 1. The van der Waals surface area contributed by atoms with E-state index in [1.165, 1.54) is 17.7 Å². The maximum absolute atomic E-state index is 6.19. The lowest BCUT2D eigenvalue weighted by Gasteiger charge is -2.04. The van der Waals surface area contributed by atoms with Crippen LogP contribution in [0, 0.1) is 0 Å². The Kier molecular flexibility index (Phi) is 4.78. The molecule has 0 amide bonds. The van der Waals surface area contributed by atoms with E-state index in [2.05, 4.69) is 35.2 Å². The summed E-state index contributed by atoms with van der Waals surface area (Å²) in [5, 5.41) is 4.76. The minimum Gasteiger partial charge on any atom is -0.354 e. The average molecular weight is 284 g/mol. The van der Waals surface area contributed by atoms with Crippen molar-refractivity contribution in [3.8, 4) is 0 Å². The van der Waals surface area contributed by atoms with Gasteiger partial charge in [0.1, 0.15) is 9.98 Å². The largest absolute Gasteiger partial charge is 0.354 e. The van der Waals surface area contributed by atoms with E-state index in [1.807, 2.05) is 0 Å². The van der Waals surface area contributed by atoms with Gasteiger partial charge in [-0.25, -0.2) is 9.97 Å². The van der Waals surface area contributed by atoms with Gasteiger partial charge in [-0.2, -0.15) is 0 Å². The van der Waals surface area contributed by atoms with Gasteiger partial charge in [-0.15, -0.1) is 11.3 Å². The standard InChI is InChI=1S/C13H18ClN3S/c1-3-5-6-7-15-13-16-11(14)10-8-9(4-2)18-12(10)17-13/h8H,3-7H2,1-2H3,(H,15,16,17). The van der Waals surface area contributed by atoms with Gasteiger partial charge in [0.25, 0.3) is 0 Å². The number of fused-ring (bicyclic) bond motifs is 1. The Morgan fingerprint density at radius 1 is 1.28 bits per heavy atom. The van der Waals surface area contributed by atoms with Gasteiger partial charge in [-0.1, -0.05) is 38.3 Å². The Hall–Kier alpha value is -0.870. The second-order valence-corrected chi connectivity index (χ2v) is 5.73. The van der Waals surface area contributed by atoms with E-state index in [0.717, 1.165) is 29.6 Å². The molecule has 0 spiro atoms. The predicted octanol–water partition coefficient (Wildman–Crippen LogP) is 4.51. The van der Waals surface area contributed by atoms with Gasteiger partial charge in [0.2, 0.25) is 5.95 Å². The number of hydrogen-bond acceptors (Lipinski definition) is 4. The van der Waals surface area contributed by atoms with Crippen LogP contribution >= 0.6 is 22.9 Å². The summed E-state index contributed by atoms with van der Waals surface area (Å²) in [4.78, 5) is 11.1. The number of rotatable bonds is 6. The quantitative estimate of drug-likeness (QED) is 0.626. The molecule has 98 valence electrons. The van der Waals surface area contributed by atoms with E-state index in [1.54, 1.807) is 11.3 Å². The fraction of sp³-hybridized carbons (Fsp3) is 0.538. The van der Waals surface area contributed by atoms with Gasteiger partial charge >= 0.3 is 0 Å². The van der Waals surface area contributed by atoms with Crippen molar-refractivity contribution in [2.75, 3.05) is 11.9 Å². The van der Waals surface area contributed by atoms with Gasteiger partial charge in [-0.05, 0) is 18.9 Å². The topological polar surface area (TPSA) is 37.8 Å². The lowest BCUT2D eigenvalue weighted by Crippen LogP contribution is -2.05. The summed E-state index contributed by atoms with van der Waals surface area (Å²) in [6, 6.07) is 2.09. The van der Waals surface area contributed by atoms with Crippen LogP contribution in [-0.2, 0) is 6.42 Å². The summed E-state index contributed by atoms with van der Waals surface area (Å²) in [5.41, 5.74) is 0. The molecule has 0 aromatic carbocycles. The number of aryl methyl sites for hydroxylation is 1. The number of unbranched alkanes of at least 4 members (excludes halogenated alkanes) is 2. The fourth-order valence-corrected chi connectivity index (χ4v) is 3.01. The third kappa shape index (κ3) is 3.12. The van der Waals surface area contributed by atoms with Gasteiger partial charge in [-0.3, -0.25) is 0 Å². The Bertz CT molecular complexity index is 524. The van der Waals surface area contributed by atoms with Gasteiger partial charge in [0.05, 0.1) is 0 Å². The highest BCUT2D eigenvalue weighted by Crippen LogP contribution is 2.29. The molecule has 0 saturated carbocycles. The van der Waals surface area contributed by atoms with E-state index in [4.69, 9.17) is 11.6 Å². The third-order valence-corrected chi connectivity index (χ3v) is 4.27. The Morgan fingerprint density at radius 3 is 2.83 bits per heavy atom. The average Bonchev–Trinajstić information content (AvgIpc) is 2.78. The highest BCUT2D eigenvalue weighted by Gasteiger charge is 2.09. The summed E-state index contributed by atoms with van der Waals surface area (Å²) in [5.74, 6) is 0.646. The molecule has 0 bridgehead atoms. The van der Waals surface area contributed by atoms with Crippen LogP contribution in [-0.4, -0.2) is 16.5 Å². The molecular weight excluding hydrogens is 266 g/mol. The van der Waals surface area contributed by atoms with Gasteiger partial charge < -0.3 is 5.32 Å². The van der Waals surface area contributed by atoms with E-state index in [0.29, 0.717) is 11.1 Å². The van der Waals surface area contributed by atoms with Crippen molar-refractivity contribution in [2.24, 2.45) is 0 Å². The van der Waals surface area contributed by atoms with Crippen LogP contribution in [0.25, 0.3) is 10.2 Å². The van der Waals surface area contributed by atoms with E-state index in [9.17, 15) is 0 Å². The molecule has 1 N–H and O–H groups in total. The van der Waals surface area contributed by atoms with E-state index < -0.39 is 0 Å². The Labute approximate surface area is 117 Å². The van der Waals surface area contributed by atoms with Gasteiger partial charge in [0, 0.05) is 16.8 Å². The van der Waals surface area contributed by atoms with Crippen LogP contribution in [0.1, 0.15) is 38.0 Å². The second kappa shape index (κ2) is 6.34. The van der Waals surface area contributed by atoms with E-state index >= 15 is 0 Å². The van der Waals surface area contributed by atoms with E-state index in [-0.39, 0.29) is 0 Å². The SMILES string of the molecule is CCCCCNc1nc(Cl)c2cc(CC)sc2n1. The van der Waals surface area contributed by atoms with Crippen molar-refractivity contribution in [1.82, 2.24) is 9.97 Å². The van der Waals surface area contributed by atoms with Crippen molar-refractivity contribution in [3.63, 3.8) is 0 Å². The molecular formula is C13H18ClN3S. The summed E-state index contributed by atoms with van der Waals surface area (Å²) in [7, 11) is 0. The molecule has 2 rings (SSSR count). The normalized spacial score (nSPS) is 11.1. The van der Waals surface area contributed by atoms with Crippen molar-refractivity contribution in [2.45, 2.75) is 39.5 Å². The first kappa shape index (κ1) is 13.6. The first-order valence-corrected chi connectivity index (χ1v) is 7.63. The lowest BCUT2D eigenvalue weighted by molar-refractivity contribution is 0.741. The number of halogens is 1. The minimum atomic E-state index is 0.550. The van der Waals surface area contributed by atoms with Crippen LogP contribution in [0.15, 0.2) is 6.07 Å². The molecule has 0 aliphatic heterocycles. The molecule has 0 saturated heterocycles. The summed E-state index contributed by atoms with van der Waals surface area (Å²) in [6.45, 7) is 5.23. The highest BCUT2D eigenvalue weighted by atomic mass is 35.5. The molecule has 2 aromatic rings. The number of hydrogen-bond donors (Lipinski definition) is 1. The van der Waals surface area contributed by atoms with Crippen molar-refractivity contribution in [1.29, 1.82) is 0 Å². The molecule has 5 heteroatoms. The molecule has 0 aliphatic carbocycles. The summed E-state index contributed by atoms with van der Waals surface area (Å²) in [6.07, 6.45) is 4.59. The van der Waals surface area contributed by atoms with Crippen LogP contribution in [0.5, 0.6) is 0 Å². The molecule has 0 fully saturated rings. The first-order chi connectivity index (χ1) is 8.74. The molecule has 2 heterocycles. The van der Waals surface area contributed by atoms with Gasteiger partial charge in [0.15, 0.2) is 0 Å². The number of aromatic nitrogens is 2. The van der Waals surface area contributed by atoms with Crippen LogP contribution in [0.4, 0.5) is 5.95 Å². The first-order valence-electron chi connectivity index (χ1n) is 6.44. The molecule has 0 radical (unpaired) electrons. The van der Waals surface area contributed by atoms with Crippen LogP contribution in [0.3, 0.4) is 0 Å². The van der Waals surface area contributed by atoms with Crippen molar-refractivity contribution < 1.29 is 0 Å². The summed E-state index contributed by atoms with van der Waals surface area (Å²) < 4.78 is 0. The predicted molar refractivity (Wildman–Crippen MR) is 79.8 cm³/mol. The highest BCUT2D eigenvalue weighted by molar-refractivity contribution is 7.18. The lowest BCUT2D eigenvalue weighted by atomic mass is 10.2. The Morgan fingerprint density at radius 2 is 2.11 bits per heavy atom. The van der Waals surface area contributed by atoms with Crippen LogP contribution in [0.2, 0.25) is 5.15 Å². The summed E-state index contributed by atoms with van der Waals surface area (Å²) >= 11 is 7.88. The zero-order chi connectivity index (χ0) is 13.0. The van der Waals surface area contributed by atoms with Crippen molar-refractivity contribution in [3.05, 3.63) is 16.1 Å². The second-order valence-electron chi connectivity index (χ2n) is 4.26. The molecule has 18 heavy (non-hydrogen) atoms. The molecule has 0 aliphatic rings. The molecule has 0 atom stereocenters. The zero-order valence-corrected chi connectivity index (χ0v) is 12.4. The Balaban J connectivity index is 2.14. The zero-order valence-electron chi connectivity index (χ0n) is 10.8. The minimum absolute atomic E-state index is 0.550. The maximum Gasteiger partial charge on any atom is 0.225 e. The molecule has 3 nitrogen and oxygen atoms in total. The number of thiophene rings is 1. The smallest absolute Gasteiger partial charge is 0.225 e. The molecule has 0 unspecified atom stereocenters. The number of nitrogens with zero attached hydrogens (tertiary/aromatic N) is 2.